The summed E-state index contributed by atoms with van der Waals surface area (Å²) in [6.07, 6.45) is 1.99. The van der Waals surface area contributed by atoms with E-state index < -0.39 is 11.8 Å². The number of aromatic nitrogens is 3. The average molecular weight is 336 g/mol. The highest BCUT2D eigenvalue weighted by molar-refractivity contribution is 6.29. The van der Waals surface area contributed by atoms with Crippen molar-refractivity contribution in [3.8, 4) is 0 Å². The number of carbonyl (C=O) groups is 1. The predicted molar refractivity (Wildman–Crippen MR) is 85.6 cm³/mol. The molecule has 0 aromatic carbocycles. The maximum Gasteiger partial charge on any atom is 0.322 e. The van der Waals surface area contributed by atoms with Crippen LogP contribution in [-0.2, 0) is 13.0 Å². The molecule has 0 unspecified atom stereocenters. The van der Waals surface area contributed by atoms with Crippen LogP contribution in [0.2, 0.25) is 5.15 Å². The minimum Gasteiger partial charge on any atom is -0.320 e. The lowest BCUT2D eigenvalue weighted by molar-refractivity contribution is 0.206. The number of anilines is 1. The Hall–Kier alpha value is -2.41. The summed E-state index contributed by atoms with van der Waals surface area (Å²) < 4.78 is 13.8. The predicted octanol–water partition coefficient (Wildman–Crippen LogP) is 3.22. The molecule has 2 aromatic rings. The first-order valence-electron chi connectivity index (χ1n) is 7.05. The number of hydrogen-bond donors (Lipinski definition) is 2. The lowest BCUT2D eigenvalue weighted by atomic mass is 10.0. The number of urea groups is 1. The van der Waals surface area contributed by atoms with Gasteiger partial charge >= 0.3 is 6.03 Å². The monoisotopic (exact) mass is 335 g/mol. The van der Waals surface area contributed by atoms with Gasteiger partial charge in [-0.15, -0.1) is 0 Å². The molecule has 1 aliphatic rings. The highest BCUT2D eigenvalue weighted by Gasteiger charge is 2.26. The van der Waals surface area contributed by atoms with Gasteiger partial charge in [0.15, 0.2) is 11.0 Å². The number of nitrogens with one attached hydrogen (secondary N) is 2. The molecule has 0 radical (unpaired) electrons. The number of nitrogens with zero attached hydrogens (tertiary/aromatic N) is 3. The van der Waals surface area contributed by atoms with E-state index in [1.54, 1.807) is 4.90 Å². The molecule has 2 aromatic heterocycles. The molecule has 0 aliphatic carbocycles. The van der Waals surface area contributed by atoms with Gasteiger partial charge in [-0.1, -0.05) is 18.2 Å². The molecule has 0 atom stereocenters. The van der Waals surface area contributed by atoms with Gasteiger partial charge < -0.3 is 10.2 Å². The third-order valence-electron chi connectivity index (χ3n) is 3.71. The van der Waals surface area contributed by atoms with Crippen molar-refractivity contribution in [1.29, 1.82) is 0 Å². The van der Waals surface area contributed by atoms with Crippen LogP contribution in [0.15, 0.2) is 18.8 Å². The standard InChI is InChI=1S/C15H15ClFN5O/c1-8(2)13-9-7-22(6-4-10(9)20-21-13)15(23)19-11-3-5-18-14(16)12(11)17/h3,5H,1,4,6-7H2,2H3,(H,20,21)(H,18,19,23). The van der Waals surface area contributed by atoms with Gasteiger partial charge in [-0.3, -0.25) is 5.10 Å². The number of carbonyl (C=O) groups excluding carboxylic acids is 1. The SMILES string of the molecule is C=C(C)c1n[nH]c2c1CN(C(=O)Nc1ccnc(Cl)c1F)CC2. The van der Waals surface area contributed by atoms with Crippen LogP contribution in [0.25, 0.3) is 5.57 Å². The molecule has 0 spiro atoms. The quantitative estimate of drug-likeness (QED) is 0.827. The molecule has 3 heterocycles. The molecule has 0 saturated carbocycles. The van der Waals surface area contributed by atoms with Crippen molar-refractivity contribution >= 4 is 28.9 Å². The van der Waals surface area contributed by atoms with Crippen molar-refractivity contribution in [3.05, 3.63) is 46.8 Å². The maximum absolute atomic E-state index is 13.8. The van der Waals surface area contributed by atoms with E-state index in [9.17, 15) is 9.18 Å². The van der Waals surface area contributed by atoms with Crippen molar-refractivity contribution < 1.29 is 9.18 Å². The topological polar surface area (TPSA) is 73.9 Å². The number of pyridine rings is 1. The number of fused-ring (bicyclic) bond motifs is 1. The van der Waals surface area contributed by atoms with E-state index in [0.29, 0.717) is 19.5 Å². The molecule has 2 N–H and O–H groups in total. The smallest absolute Gasteiger partial charge is 0.320 e. The zero-order chi connectivity index (χ0) is 16.6. The Bertz CT molecular complexity index is 788. The summed E-state index contributed by atoms with van der Waals surface area (Å²) in [5.74, 6) is -0.744. The molecule has 3 rings (SSSR count). The zero-order valence-corrected chi connectivity index (χ0v) is 13.2. The summed E-state index contributed by atoms with van der Waals surface area (Å²) >= 11 is 5.62. The van der Waals surface area contributed by atoms with Crippen LogP contribution in [-0.4, -0.2) is 32.7 Å². The second kappa shape index (κ2) is 6.00. The molecule has 8 heteroatoms. The molecule has 23 heavy (non-hydrogen) atoms. The van der Waals surface area contributed by atoms with E-state index >= 15 is 0 Å². The van der Waals surface area contributed by atoms with Crippen molar-refractivity contribution in [2.24, 2.45) is 0 Å². The fourth-order valence-electron chi connectivity index (χ4n) is 2.53. The maximum atomic E-state index is 13.8. The number of halogens is 2. The molecular weight excluding hydrogens is 321 g/mol. The van der Waals surface area contributed by atoms with Crippen LogP contribution in [0, 0.1) is 5.82 Å². The average Bonchev–Trinajstić information content (AvgIpc) is 2.95. The Morgan fingerprint density at radius 1 is 1.57 bits per heavy atom. The number of hydrogen-bond acceptors (Lipinski definition) is 3. The van der Waals surface area contributed by atoms with Crippen LogP contribution >= 0.6 is 11.6 Å². The molecular formula is C15H15ClFN5O. The lowest BCUT2D eigenvalue weighted by Gasteiger charge is -2.27. The van der Waals surface area contributed by atoms with Gasteiger partial charge in [-0.05, 0) is 18.6 Å². The Kier molecular flexibility index (Phi) is 4.04. The fourth-order valence-corrected chi connectivity index (χ4v) is 2.69. The highest BCUT2D eigenvalue weighted by Crippen LogP contribution is 2.25. The summed E-state index contributed by atoms with van der Waals surface area (Å²) in [5.41, 5.74) is 3.57. The summed E-state index contributed by atoms with van der Waals surface area (Å²) in [6.45, 7) is 6.66. The van der Waals surface area contributed by atoms with Gasteiger partial charge in [-0.25, -0.2) is 14.2 Å². The summed E-state index contributed by atoms with van der Waals surface area (Å²) in [7, 11) is 0. The normalized spacial score (nSPS) is 13.6. The molecule has 0 saturated heterocycles. The van der Waals surface area contributed by atoms with Gasteiger partial charge in [0.2, 0.25) is 0 Å². The molecule has 0 fully saturated rings. The van der Waals surface area contributed by atoms with Crippen LogP contribution < -0.4 is 5.32 Å². The molecule has 6 nitrogen and oxygen atoms in total. The van der Waals surface area contributed by atoms with Crippen LogP contribution in [0.5, 0.6) is 0 Å². The van der Waals surface area contributed by atoms with Crippen molar-refractivity contribution in [1.82, 2.24) is 20.1 Å². The van der Waals surface area contributed by atoms with Crippen molar-refractivity contribution in [2.45, 2.75) is 19.9 Å². The lowest BCUT2D eigenvalue weighted by Crippen LogP contribution is -2.39. The minimum atomic E-state index is -0.744. The molecule has 120 valence electrons. The Morgan fingerprint density at radius 2 is 2.35 bits per heavy atom. The summed E-state index contributed by atoms with van der Waals surface area (Å²) in [6, 6.07) is 0.969. The molecule has 0 bridgehead atoms. The summed E-state index contributed by atoms with van der Waals surface area (Å²) in [4.78, 5) is 17.6. The number of allylic oxidation sites excluding steroid dienone is 1. The zero-order valence-electron chi connectivity index (χ0n) is 12.5. The first-order valence-corrected chi connectivity index (χ1v) is 7.43. The van der Waals surface area contributed by atoms with E-state index in [2.05, 4.69) is 27.1 Å². The number of H-pyrrole nitrogens is 1. The van der Waals surface area contributed by atoms with Gasteiger partial charge in [0.05, 0.1) is 17.9 Å². The summed E-state index contributed by atoms with van der Waals surface area (Å²) in [5, 5.41) is 9.46. The Balaban J connectivity index is 1.78. The van der Waals surface area contributed by atoms with Gasteiger partial charge in [0.1, 0.15) is 0 Å². The first-order chi connectivity index (χ1) is 11.0. The minimum absolute atomic E-state index is 0.00751. The van der Waals surface area contributed by atoms with E-state index in [-0.39, 0.29) is 10.8 Å². The second-order valence-electron chi connectivity index (χ2n) is 5.37. The largest absolute Gasteiger partial charge is 0.322 e. The van der Waals surface area contributed by atoms with Crippen LogP contribution in [0.3, 0.4) is 0 Å². The number of amides is 2. The van der Waals surface area contributed by atoms with E-state index in [0.717, 1.165) is 22.5 Å². The number of rotatable bonds is 2. The molecule has 2 amide bonds. The van der Waals surface area contributed by atoms with Gasteiger partial charge in [0.25, 0.3) is 0 Å². The molecule has 1 aliphatic heterocycles. The second-order valence-corrected chi connectivity index (χ2v) is 5.73. The van der Waals surface area contributed by atoms with Crippen LogP contribution in [0.4, 0.5) is 14.9 Å². The van der Waals surface area contributed by atoms with E-state index in [4.69, 9.17) is 11.6 Å². The fraction of sp³-hybridized carbons (Fsp3) is 0.267. The van der Waals surface area contributed by atoms with Gasteiger partial charge in [-0.2, -0.15) is 5.10 Å². The Morgan fingerprint density at radius 3 is 3.09 bits per heavy atom. The third-order valence-corrected chi connectivity index (χ3v) is 3.98. The van der Waals surface area contributed by atoms with E-state index in [1.807, 2.05) is 6.92 Å². The Labute approximate surface area is 137 Å². The van der Waals surface area contributed by atoms with Gasteiger partial charge in [0, 0.05) is 30.4 Å². The first kappa shape index (κ1) is 15.5. The van der Waals surface area contributed by atoms with Crippen LogP contribution in [0.1, 0.15) is 23.9 Å². The third kappa shape index (κ3) is 2.92. The van der Waals surface area contributed by atoms with Crippen molar-refractivity contribution in [2.75, 3.05) is 11.9 Å². The number of aromatic amines is 1. The highest BCUT2D eigenvalue weighted by atomic mass is 35.5. The van der Waals surface area contributed by atoms with E-state index in [1.165, 1.54) is 12.3 Å². The van der Waals surface area contributed by atoms with Crippen molar-refractivity contribution in [3.63, 3.8) is 0 Å².